The van der Waals surface area contributed by atoms with Crippen LogP contribution in [-0.2, 0) is 6.42 Å². The molecule has 5 heteroatoms. The van der Waals surface area contributed by atoms with E-state index in [1.54, 1.807) is 11.8 Å². The molecule has 1 aromatic heterocycles. The van der Waals surface area contributed by atoms with E-state index in [0.717, 1.165) is 17.3 Å². The molecule has 3 N–H and O–H groups in total. The number of aromatic amines is 1. The number of H-pyrrole nitrogens is 1. The summed E-state index contributed by atoms with van der Waals surface area (Å²) in [4.78, 5) is 4.06. The number of benzene rings is 1. The average molecular weight is 262 g/mol. The Morgan fingerprint density at radius 3 is 2.72 bits per heavy atom. The van der Waals surface area contributed by atoms with Crippen molar-refractivity contribution < 1.29 is 0 Å². The molecule has 1 heterocycles. The largest absolute Gasteiger partial charge is 0.323 e. The van der Waals surface area contributed by atoms with Gasteiger partial charge in [0.15, 0.2) is 5.16 Å². The summed E-state index contributed by atoms with van der Waals surface area (Å²) >= 11 is 1.59. The maximum atomic E-state index is 6.15. The molecule has 1 unspecified atom stereocenters. The van der Waals surface area contributed by atoms with Gasteiger partial charge in [0.1, 0.15) is 6.33 Å². The molecule has 2 rings (SSSR count). The molecule has 0 radical (unpaired) electrons. The molecule has 0 saturated heterocycles. The van der Waals surface area contributed by atoms with Crippen LogP contribution in [0.5, 0.6) is 0 Å². The van der Waals surface area contributed by atoms with E-state index < -0.39 is 0 Å². The van der Waals surface area contributed by atoms with Gasteiger partial charge in [-0.05, 0) is 17.5 Å². The number of nitrogens with zero attached hydrogens (tertiary/aromatic N) is 2. The Hall–Kier alpha value is -1.33. The number of thioether (sulfide) groups is 1. The summed E-state index contributed by atoms with van der Waals surface area (Å²) in [6.45, 7) is 2.19. The molecule has 1 aromatic carbocycles. The van der Waals surface area contributed by atoms with Gasteiger partial charge in [-0.15, -0.1) is 0 Å². The SMILES string of the molecule is CCCc1ccc(C(N)CSc2ncn[nH]2)cc1. The highest BCUT2D eigenvalue weighted by Crippen LogP contribution is 2.20. The van der Waals surface area contributed by atoms with Gasteiger partial charge in [0, 0.05) is 11.8 Å². The minimum absolute atomic E-state index is 0.0239. The number of nitrogens with two attached hydrogens (primary N) is 1. The lowest BCUT2D eigenvalue weighted by molar-refractivity contribution is 0.824. The van der Waals surface area contributed by atoms with Crippen LogP contribution in [0, 0.1) is 0 Å². The maximum absolute atomic E-state index is 6.15. The third-order valence-corrected chi connectivity index (χ3v) is 3.73. The summed E-state index contributed by atoms with van der Waals surface area (Å²) in [5.74, 6) is 0.794. The highest BCUT2D eigenvalue weighted by atomic mass is 32.2. The maximum Gasteiger partial charge on any atom is 0.183 e. The van der Waals surface area contributed by atoms with Crippen molar-refractivity contribution in [3.63, 3.8) is 0 Å². The molecule has 0 spiro atoms. The fraction of sp³-hybridized carbons (Fsp3) is 0.385. The van der Waals surface area contributed by atoms with E-state index in [0.29, 0.717) is 0 Å². The topological polar surface area (TPSA) is 67.6 Å². The summed E-state index contributed by atoms with van der Waals surface area (Å²) in [6.07, 6.45) is 3.81. The van der Waals surface area contributed by atoms with Crippen molar-refractivity contribution >= 4 is 11.8 Å². The molecule has 1 atom stereocenters. The summed E-state index contributed by atoms with van der Waals surface area (Å²) in [5.41, 5.74) is 8.69. The van der Waals surface area contributed by atoms with E-state index in [-0.39, 0.29) is 6.04 Å². The van der Waals surface area contributed by atoms with Crippen LogP contribution < -0.4 is 5.73 Å². The molecule has 0 aliphatic heterocycles. The second-order valence-corrected chi connectivity index (χ2v) is 5.21. The number of aryl methyl sites for hydroxylation is 1. The number of hydrogen-bond donors (Lipinski definition) is 2. The van der Waals surface area contributed by atoms with E-state index in [2.05, 4.69) is 46.4 Å². The van der Waals surface area contributed by atoms with Gasteiger partial charge in [-0.25, -0.2) is 4.98 Å². The summed E-state index contributed by atoms with van der Waals surface area (Å²) in [6, 6.07) is 8.60. The Bertz CT molecular complexity index is 452. The standard InChI is InChI=1S/C13H18N4S/c1-2-3-10-4-6-11(7-5-10)12(14)8-18-13-15-9-16-17-13/h4-7,9,12H,2-3,8,14H2,1H3,(H,15,16,17). The van der Waals surface area contributed by atoms with E-state index in [9.17, 15) is 0 Å². The Balaban J connectivity index is 1.89. The van der Waals surface area contributed by atoms with Crippen molar-refractivity contribution in [1.29, 1.82) is 0 Å². The van der Waals surface area contributed by atoms with Crippen molar-refractivity contribution in [1.82, 2.24) is 15.2 Å². The predicted octanol–water partition coefficient (Wildman–Crippen LogP) is 2.55. The first kappa shape index (κ1) is 13.1. The lowest BCUT2D eigenvalue weighted by Gasteiger charge is -2.11. The number of rotatable bonds is 6. The van der Waals surface area contributed by atoms with E-state index in [1.165, 1.54) is 23.9 Å². The van der Waals surface area contributed by atoms with Gasteiger partial charge in [-0.3, -0.25) is 5.10 Å². The first-order chi connectivity index (χ1) is 8.79. The number of hydrogen-bond acceptors (Lipinski definition) is 4. The molecule has 18 heavy (non-hydrogen) atoms. The molecular formula is C13H18N4S. The van der Waals surface area contributed by atoms with Crippen LogP contribution in [0.4, 0.5) is 0 Å². The van der Waals surface area contributed by atoms with Crippen LogP contribution in [0.15, 0.2) is 35.7 Å². The van der Waals surface area contributed by atoms with Gasteiger partial charge >= 0.3 is 0 Å². The third kappa shape index (κ3) is 3.58. The zero-order valence-corrected chi connectivity index (χ0v) is 11.3. The van der Waals surface area contributed by atoms with Crippen LogP contribution in [0.3, 0.4) is 0 Å². The Kier molecular flexibility index (Phi) is 4.78. The highest BCUT2D eigenvalue weighted by molar-refractivity contribution is 7.99. The van der Waals surface area contributed by atoms with Gasteiger partial charge in [-0.2, -0.15) is 5.10 Å². The minimum Gasteiger partial charge on any atom is -0.323 e. The van der Waals surface area contributed by atoms with Crippen molar-refractivity contribution in [2.24, 2.45) is 5.73 Å². The van der Waals surface area contributed by atoms with Crippen molar-refractivity contribution in [3.8, 4) is 0 Å². The quantitative estimate of drug-likeness (QED) is 0.785. The summed E-state index contributed by atoms with van der Waals surface area (Å²) < 4.78 is 0. The van der Waals surface area contributed by atoms with Crippen molar-refractivity contribution in [2.75, 3.05) is 5.75 Å². The van der Waals surface area contributed by atoms with E-state index in [4.69, 9.17) is 5.73 Å². The molecule has 0 saturated carbocycles. The third-order valence-electron chi connectivity index (χ3n) is 2.74. The molecule has 0 fully saturated rings. The van der Waals surface area contributed by atoms with Crippen LogP contribution >= 0.6 is 11.8 Å². The Morgan fingerprint density at radius 2 is 2.11 bits per heavy atom. The number of aromatic nitrogens is 3. The Morgan fingerprint density at radius 1 is 1.33 bits per heavy atom. The lowest BCUT2D eigenvalue weighted by Crippen LogP contribution is -2.13. The van der Waals surface area contributed by atoms with Crippen LogP contribution in [-0.4, -0.2) is 20.9 Å². The zero-order chi connectivity index (χ0) is 12.8. The average Bonchev–Trinajstić information content (AvgIpc) is 2.90. The summed E-state index contributed by atoms with van der Waals surface area (Å²) in [7, 11) is 0. The van der Waals surface area contributed by atoms with E-state index >= 15 is 0 Å². The zero-order valence-electron chi connectivity index (χ0n) is 10.5. The molecule has 96 valence electrons. The molecule has 0 bridgehead atoms. The minimum atomic E-state index is 0.0239. The Labute approximate surface area is 111 Å². The van der Waals surface area contributed by atoms with Gasteiger partial charge in [0.05, 0.1) is 0 Å². The molecule has 0 aliphatic carbocycles. The van der Waals surface area contributed by atoms with Gasteiger partial charge < -0.3 is 5.73 Å². The first-order valence-electron chi connectivity index (χ1n) is 6.12. The van der Waals surface area contributed by atoms with Gasteiger partial charge in [0.2, 0.25) is 0 Å². The molecule has 0 aliphatic rings. The normalized spacial score (nSPS) is 12.6. The highest BCUT2D eigenvalue weighted by Gasteiger charge is 2.07. The second kappa shape index (κ2) is 6.56. The van der Waals surface area contributed by atoms with Crippen LogP contribution in [0.2, 0.25) is 0 Å². The molecule has 4 nitrogen and oxygen atoms in total. The fourth-order valence-corrected chi connectivity index (χ4v) is 2.52. The molecule has 0 amide bonds. The van der Waals surface area contributed by atoms with E-state index in [1.807, 2.05) is 0 Å². The summed E-state index contributed by atoms with van der Waals surface area (Å²) in [5, 5.41) is 7.44. The fourth-order valence-electron chi connectivity index (χ4n) is 1.75. The predicted molar refractivity (Wildman–Crippen MR) is 74.5 cm³/mol. The van der Waals surface area contributed by atoms with Crippen LogP contribution in [0.1, 0.15) is 30.5 Å². The van der Waals surface area contributed by atoms with Gasteiger partial charge in [-0.1, -0.05) is 49.4 Å². The molecular weight excluding hydrogens is 244 g/mol. The molecule has 2 aromatic rings. The first-order valence-corrected chi connectivity index (χ1v) is 7.10. The lowest BCUT2D eigenvalue weighted by atomic mass is 10.0. The van der Waals surface area contributed by atoms with Crippen molar-refractivity contribution in [3.05, 3.63) is 41.7 Å². The van der Waals surface area contributed by atoms with Crippen LogP contribution in [0.25, 0.3) is 0 Å². The number of nitrogens with one attached hydrogen (secondary N) is 1. The van der Waals surface area contributed by atoms with Crippen molar-refractivity contribution in [2.45, 2.75) is 31.0 Å². The monoisotopic (exact) mass is 262 g/mol. The van der Waals surface area contributed by atoms with Gasteiger partial charge in [0.25, 0.3) is 0 Å². The second-order valence-electron chi connectivity index (χ2n) is 4.20. The smallest absolute Gasteiger partial charge is 0.183 e.